The Morgan fingerprint density at radius 3 is 2.37 bits per heavy atom. The molecule has 1 amide bonds. The van der Waals surface area contributed by atoms with Crippen molar-refractivity contribution in [1.29, 1.82) is 0 Å². The fraction of sp³-hybridized carbons (Fsp3) is 0.414. The number of nitrogens with zero attached hydrogens (tertiary/aromatic N) is 2. The highest BCUT2D eigenvalue weighted by Crippen LogP contribution is 2.23. The summed E-state index contributed by atoms with van der Waals surface area (Å²) < 4.78 is 5.84. The van der Waals surface area contributed by atoms with Crippen LogP contribution in [0.15, 0.2) is 59.7 Å². The maximum atomic E-state index is 12.4. The van der Waals surface area contributed by atoms with E-state index in [2.05, 4.69) is 60.6 Å². The van der Waals surface area contributed by atoms with Crippen LogP contribution in [-0.4, -0.2) is 28.9 Å². The highest BCUT2D eigenvalue weighted by Gasteiger charge is 2.13. The Morgan fingerprint density at radius 2 is 1.69 bits per heavy atom. The minimum atomic E-state index is -0.342. The summed E-state index contributed by atoms with van der Waals surface area (Å²) >= 11 is 0. The third-order valence-corrected chi connectivity index (χ3v) is 5.90. The Hall–Kier alpha value is -3.41. The van der Waals surface area contributed by atoms with Gasteiger partial charge in [-0.25, -0.2) is 5.43 Å². The molecule has 2 aromatic carbocycles. The fourth-order valence-electron chi connectivity index (χ4n) is 3.68. The van der Waals surface area contributed by atoms with Crippen molar-refractivity contribution < 1.29 is 9.53 Å². The number of hydrogen-bond donors (Lipinski definition) is 2. The largest absolute Gasteiger partial charge is 0.494 e. The van der Waals surface area contributed by atoms with Crippen molar-refractivity contribution in [2.24, 2.45) is 5.10 Å². The van der Waals surface area contributed by atoms with Crippen LogP contribution >= 0.6 is 0 Å². The molecule has 0 atom stereocenters. The van der Waals surface area contributed by atoms with Gasteiger partial charge in [0.15, 0.2) is 0 Å². The van der Waals surface area contributed by atoms with Crippen molar-refractivity contribution in [3.05, 3.63) is 71.4 Å². The minimum Gasteiger partial charge on any atom is -0.494 e. The van der Waals surface area contributed by atoms with Gasteiger partial charge in [-0.15, -0.1) is 0 Å². The van der Waals surface area contributed by atoms with Crippen LogP contribution in [0.4, 0.5) is 0 Å². The molecular weight excluding hydrogens is 436 g/mol. The molecule has 0 radical (unpaired) electrons. The van der Waals surface area contributed by atoms with Gasteiger partial charge in [0, 0.05) is 5.56 Å². The van der Waals surface area contributed by atoms with Crippen LogP contribution in [0.5, 0.6) is 5.75 Å². The SMILES string of the molecule is CCCCCCCCOc1ccc(-c2cc(C(=O)N/N=C/c3ccc(C(C)(C)C)cc3)[nH]n2)cc1. The summed E-state index contributed by atoms with van der Waals surface area (Å²) in [5, 5.41) is 11.1. The molecule has 1 heterocycles. The van der Waals surface area contributed by atoms with Gasteiger partial charge in [0.1, 0.15) is 11.4 Å². The van der Waals surface area contributed by atoms with Gasteiger partial charge in [0.25, 0.3) is 5.91 Å². The molecule has 0 saturated heterocycles. The first kappa shape index (κ1) is 26.2. The first-order chi connectivity index (χ1) is 16.9. The van der Waals surface area contributed by atoms with E-state index in [9.17, 15) is 4.79 Å². The summed E-state index contributed by atoms with van der Waals surface area (Å²) in [5.41, 5.74) is 6.78. The van der Waals surface area contributed by atoms with Gasteiger partial charge in [-0.3, -0.25) is 9.89 Å². The first-order valence-corrected chi connectivity index (χ1v) is 12.6. The Labute approximate surface area is 209 Å². The molecule has 0 aliphatic carbocycles. The average molecular weight is 475 g/mol. The van der Waals surface area contributed by atoms with Crippen LogP contribution in [0.1, 0.15) is 87.8 Å². The molecule has 0 saturated carbocycles. The lowest BCUT2D eigenvalue weighted by Crippen LogP contribution is -2.18. The topological polar surface area (TPSA) is 79.4 Å². The summed E-state index contributed by atoms with van der Waals surface area (Å²) in [5.74, 6) is 0.505. The van der Waals surface area contributed by atoms with Crippen molar-refractivity contribution in [3.8, 4) is 17.0 Å². The number of carbonyl (C=O) groups excluding carboxylic acids is 1. The predicted octanol–water partition coefficient (Wildman–Crippen LogP) is 6.88. The Kier molecular flexibility index (Phi) is 9.65. The Bertz CT molecular complexity index is 1080. The molecule has 0 aliphatic heterocycles. The van der Waals surface area contributed by atoms with Crippen molar-refractivity contribution in [1.82, 2.24) is 15.6 Å². The van der Waals surface area contributed by atoms with Crippen LogP contribution in [0.25, 0.3) is 11.3 Å². The summed E-state index contributed by atoms with van der Waals surface area (Å²) in [6, 6.07) is 17.6. The summed E-state index contributed by atoms with van der Waals surface area (Å²) in [6.07, 6.45) is 9.10. The number of carbonyl (C=O) groups is 1. The van der Waals surface area contributed by atoms with Gasteiger partial charge in [0.2, 0.25) is 0 Å². The lowest BCUT2D eigenvalue weighted by Gasteiger charge is -2.18. The van der Waals surface area contributed by atoms with Crippen LogP contribution in [0.3, 0.4) is 0 Å². The number of unbranched alkanes of at least 4 members (excludes halogenated alkanes) is 5. The third kappa shape index (κ3) is 8.39. The minimum absolute atomic E-state index is 0.100. The zero-order chi connectivity index (χ0) is 25.1. The van der Waals surface area contributed by atoms with E-state index in [1.54, 1.807) is 12.3 Å². The van der Waals surface area contributed by atoms with Crippen LogP contribution in [-0.2, 0) is 5.41 Å². The molecule has 0 spiro atoms. The van der Waals surface area contributed by atoms with Crippen molar-refractivity contribution in [3.63, 3.8) is 0 Å². The number of aromatic nitrogens is 2. The maximum absolute atomic E-state index is 12.4. The Balaban J connectivity index is 1.46. The molecule has 1 aromatic heterocycles. The maximum Gasteiger partial charge on any atom is 0.289 e. The van der Waals surface area contributed by atoms with E-state index in [4.69, 9.17) is 4.74 Å². The fourth-order valence-corrected chi connectivity index (χ4v) is 3.68. The number of aromatic amines is 1. The van der Waals surface area contributed by atoms with Gasteiger partial charge >= 0.3 is 0 Å². The zero-order valence-electron chi connectivity index (χ0n) is 21.4. The molecule has 0 fully saturated rings. The normalized spacial score (nSPS) is 11.7. The standard InChI is InChI=1S/C29H38N4O2/c1-5-6-7-8-9-10-19-35-25-17-13-23(14-18-25)26-20-27(32-31-26)28(34)33-30-21-22-11-15-24(16-12-22)29(2,3)4/h11-18,20-21H,5-10,19H2,1-4H3,(H,31,32)(H,33,34)/b30-21+. The molecule has 3 rings (SSSR count). The molecule has 3 aromatic rings. The molecule has 2 N–H and O–H groups in total. The molecule has 35 heavy (non-hydrogen) atoms. The van der Waals surface area contributed by atoms with E-state index < -0.39 is 0 Å². The smallest absolute Gasteiger partial charge is 0.289 e. The summed E-state index contributed by atoms with van der Waals surface area (Å²) in [6.45, 7) is 9.49. The van der Waals surface area contributed by atoms with E-state index in [-0.39, 0.29) is 11.3 Å². The summed E-state index contributed by atoms with van der Waals surface area (Å²) in [4.78, 5) is 12.4. The van der Waals surface area contributed by atoms with Crippen LogP contribution < -0.4 is 10.2 Å². The predicted molar refractivity (Wildman–Crippen MR) is 143 cm³/mol. The number of rotatable bonds is 12. The van der Waals surface area contributed by atoms with Gasteiger partial charge in [-0.1, -0.05) is 84.1 Å². The van der Waals surface area contributed by atoms with Crippen molar-refractivity contribution >= 4 is 12.1 Å². The van der Waals surface area contributed by atoms with E-state index in [1.807, 2.05) is 36.4 Å². The number of H-pyrrole nitrogens is 1. The van der Waals surface area contributed by atoms with Crippen molar-refractivity contribution in [2.45, 2.75) is 71.6 Å². The monoisotopic (exact) mass is 474 g/mol. The average Bonchev–Trinajstić information content (AvgIpc) is 3.34. The highest BCUT2D eigenvalue weighted by atomic mass is 16.5. The van der Waals surface area contributed by atoms with Crippen LogP contribution in [0, 0.1) is 0 Å². The second kappa shape index (κ2) is 12.9. The quantitative estimate of drug-likeness (QED) is 0.171. The number of amides is 1. The van der Waals surface area contributed by atoms with Gasteiger partial charge in [-0.2, -0.15) is 10.2 Å². The van der Waals surface area contributed by atoms with Crippen LogP contribution in [0.2, 0.25) is 0 Å². The molecular formula is C29H38N4O2. The number of ether oxygens (including phenoxy) is 1. The molecule has 0 bridgehead atoms. The number of hydrogen-bond acceptors (Lipinski definition) is 4. The number of benzene rings is 2. The molecule has 6 heteroatoms. The van der Waals surface area contributed by atoms with Gasteiger partial charge in [0.05, 0.1) is 18.5 Å². The highest BCUT2D eigenvalue weighted by molar-refractivity contribution is 5.94. The molecule has 0 unspecified atom stereocenters. The Morgan fingerprint density at radius 1 is 1.00 bits per heavy atom. The lowest BCUT2D eigenvalue weighted by molar-refractivity contribution is 0.0950. The van der Waals surface area contributed by atoms with E-state index >= 15 is 0 Å². The lowest BCUT2D eigenvalue weighted by atomic mass is 9.87. The second-order valence-electron chi connectivity index (χ2n) is 9.88. The summed E-state index contributed by atoms with van der Waals surface area (Å²) in [7, 11) is 0. The van der Waals surface area contributed by atoms with Crippen molar-refractivity contribution in [2.75, 3.05) is 6.61 Å². The van der Waals surface area contributed by atoms with E-state index in [0.29, 0.717) is 11.4 Å². The number of nitrogens with one attached hydrogen (secondary N) is 2. The second-order valence-corrected chi connectivity index (χ2v) is 9.88. The van der Waals surface area contributed by atoms with Gasteiger partial charge < -0.3 is 4.74 Å². The molecule has 186 valence electrons. The third-order valence-electron chi connectivity index (χ3n) is 5.90. The van der Waals surface area contributed by atoms with E-state index in [1.165, 1.54) is 37.7 Å². The molecule has 6 nitrogen and oxygen atoms in total. The van der Waals surface area contributed by atoms with Gasteiger partial charge in [-0.05, 0) is 53.3 Å². The zero-order valence-corrected chi connectivity index (χ0v) is 21.4. The molecule has 0 aliphatic rings. The number of hydrazone groups is 1. The first-order valence-electron chi connectivity index (χ1n) is 12.6. The van der Waals surface area contributed by atoms with E-state index in [0.717, 1.165) is 29.9 Å².